The van der Waals surface area contributed by atoms with Crippen molar-refractivity contribution < 1.29 is 14.3 Å². The van der Waals surface area contributed by atoms with E-state index in [1.54, 1.807) is 6.07 Å². The van der Waals surface area contributed by atoms with E-state index in [0.29, 0.717) is 12.2 Å². The predicted octanol–water partition coefficient (Wildman–Crippen LogP) is 4.07. The van der Waals surface area contributed by atoms with Crippen LogP contribution in [0, 0.1) is 0 Å². The van der Waals surface area contributed by atoms with Crippen LogP contribution in [0.5, 0.6) is 5.75 Å². The van der Waals surface area contributed by atoms with Crippen LogP contribution in [0.1, 0.15) is 29.6 Å². The Morgan fingerprint density at radius 3 is 2.83 bits per heavy atom. The average Bonchev–Trinajstić information content (AvgIpc) is 3.12. The summed E-state index contributed by atoms with van der Waals surface area (Å²) in [5.74, 6) is 0.538. The second-order valence-corrected chi connectivity index (χ2v) is 6.85. The highest BCUT2D eigenvalue weighted by Gasteiger charge is 2.15. The lowest BCUT2D eigenvalue weighted by Gasteiger charge is -2.26. The maximum absolute atomic E-state index is 11.8. The van der Waals surface area contributed by atoms with Gasteiger partial charge in [-0.1, -0.05) is 18.6 Å². The number of likely N-dealkylation sites (tertiary alicyclic amines) is 1. The minimum Gasteiger partial charge on any atom is -0.492 e. The first-order valence-corrected chi connectivity index (χ1v) is 9.27. The average molecular weight is 345 g/mol. The monoisotopic (exact) mass is 345 g/mol. The lowest BCUT2D eigenvalue weighted by Crippen LogP contribution is -2.33. The molecule has 0 saturated carbocycles. The number of carbonyl (C=O) groups excluding carboxylic acids is 1. The number of piperidine rings is 1. The normalized spacial score (nSPS) is 15.2. The minimum atomic E-state index is -0.303. The third kappa shape index (κ3) is 4.16. The molecule has 1 aliphatic heterocycles. The maximum atomic E-state index is 11.8. The van der Waals surface area contributed by atoms with E-state index >= 15 is 0 Å². The number of rotatable bonds is 6. The molecule has 0 aliphatic carbocycles. The lowest BCUT2D eigenvalue weighted by atomic mass is 10.1. The Hall–Kier alpha value is -1.85. The molecule has 1 aromatic heterocycles. The molecule has 2 heterocycles. The molecular formula is C19H23NO3S. The van der Waals surface area contributed by atoms with Crippen LogP contribution in [0.3, 0.4) is 0 Å². The van der Waals surface area contributed by atoms with Crippen LogP contribution in [0.2, 0.25) is 0 Å². The molecule has 0 amide bonds. The summed E-state index contributed by atoms with van der Waals surface area (Å²) in [6.45, 7) is 4.02. The Bertz CT molecular complexity index is 677. The highest BCUT2D eigenvalue weighted by atomic mass is 32.1. The van der Waals surface area contributed by atoms with Crippen molar-refractivity contribution in [1.29, 1.82) is 0 Å². The van der Waals surface area contributed by atoms with Gasteiger partial charge in [0, 0.05) is 11.4 Å². The van der Waals surface area contributed by atoms with E-state index in [-0.39, 0.29) is 5.97 Å². The van der Waals surface area contributed by atoms with Gasteiger partial charge < -0.3 is 9.47 Å². The first kappa shape index (κ1) is 17.0. The molecule has 2 aromatic rings. The predicted molar refractivity (Wildman–Crippen MR) is 96.9 cm³/mol. The number of thiophene rings is 1. The van der Waals surface area contributed by atoms with Crippen molar-refractivity contribution in [2.24, 2.45) is 0 Å². The van der Waals surface area contributed by atoms with Gasteiger partial charge in [-0.05, 0) is 55.1 Å². The molecule has 0 unspecified atom stereocenters. The largest absolute Gasteiger partial charge is 0.492 e. The van der Waals surface area contributed by atoms with Gasteiger partial charge in [-0.3, -0.25) is 4.90 Å². The van der Waals surface area contributed by atoms with Gasteiger partial charge in [-0.2, -0.15) is 0 Å². The van der Waals surface area contributed by atoms with Gasteiger partial charge in [-0.15, -0.1) is 11.3 Å². The van der Waals surface area contributed by atoms with Crippen molar-refractivity contribution in [3.63, 3.8) is 0 Å². The summed E-state index contributed by atoms with van der Waals surface area (Å²) < 4.78 is 10.8. The number of carbonyl (C=O) groups is 1. The van der Waals surface area contributed by atoms with E-state index < -0.39 is 0 Å². The van der Waals surface area contributed by atoms with Crippen LogP contribution in [-0.4, -0.2) is 44.2 Å². The zero-order valence-electron chi connectivity index (χ0n) is 14.0. The Morgan fingerprint density at radius 2 is 2.04 bits per heavy atom. The van der Waals surface area contributed by atoms with Crippen LogP contribution in [0.15, 0.2) is 35.7 Å². The number of ether oxygens (including phenoxy) is 2. The number of nitrogens with zero attached hydrogens (tertiary/aromatic N) is 1. The molecule has 0 atom stereocenters. The molecule has 24 heavy (non-hydrogen) atoms. The summed E-state index contributed by atoms with van der Waals surface area (Å²) >= 11 is 1.54. The summed E-state index contributed by atoms with van der Waals surface area (Å²) in [6.07, 6.45) is 3.94. The van der Waals surface area contributed by atoms with Gasteiger partial charge in [0.15, 0.2) is 0 Å². The molecule has 3 rings (SSSR count). The third-order valence-corrected chi connectivity index (χ3v) is 5.26. The van der Waals surface area contributed by atoms with Crippen molar-refractivity contribution >= 4 is 17.3 Å². The van der Waals surface area contributed by atoms with Gasteiger partial charge >= 0.3 is 5.97 Å². The topological polar surface area (TPSA) is 38.8 Å². The zero-order valence-corrected chi connectivity index (χ0v) is 14.8. The second-order valence-electron chi connectivity index (χ2n) is 5.93. The minimum absolute atomic E-state index is 0.303. The van der Waals surface area contributed by atoms with Gasteiger partial charge in [0.2, 0.25) is 0 Å². The third-order valence-electron chi connectivity index (χ3n) is 4.29. The molecule has 1 aliphatic rings. The molecule has 0 spiro atoms. The van der Waals surface area contributed by atoms with Crippen molar-refractivity contribution in [3.05, 3.63) is 41.3 Å². The van der Waals surface area contributed by atoms with Gasteiger partial charge in [0.1, 0.15) is 12.4 Å². The SMILES string of the molecule is COC(=O)c1ccsc1-c1cccc(OCCN2CCCCC2)c1. The van der Waals surface area contributed by atoms with E-state index in [9.17, 15) is 4.79 Å². The van der Waals surface area contributed by atoms with E-state index in [1.807, 2.05) is 29.6 Å². The number of benzene rings is 1. The molecule has 5 heteroatoms. The zero-order chi connectivity index (χ0) is 16.8. The summed E-state index contributed by atoms with van der Waals surface area (Å²) in [4.78, 5) is 15.2. The number of hydrogen-bond acceptors (Lipinski definition) is 5. The van der Waals surface area contributed by atoms with E-state index in [4.69, 9.17) is 9.47 Å². The fourth-order valence-corrected chi connectivity index (χ4v) is 3.89. The molecule has 0 radical (unpaired) electrons. The van der Waals surface area contributed by atoms with E-state index in [2.05, 4.69) is 4.90 Å². The molecule has 0 bridgehead atoms. The Morgan fingerprint density at radius 1 is 1.21 bits per heavy atom. The van der Waals surface area contributed by atoms with Gasteiger partial charge in [0.25, 0.3) is 0 Å². The van der Waals surface area contributed by atoms with Crippen LogP contribution in [-0.2, 0) is 4.74 Å². The smallest absolute Gasteiger partial charge is 0.339 e. The number of esters is 1. The van der Waals surface area contributed by atoms with Gasteiger partial charge in [-0.25, -0.2) is 4.79 Å². The molecule has 128 valence electrons. The van der Waals surface area contributed by atoms with Crippen molar-refractivity contribution in [3.8, 4) is 16.2 Å². The van der Waals surface area contributed by atoms with E-state index in [0.717, 1.165) is 22.7 Å². The number of methoxy groups -OCH3 is 1. The molecular weight excluding hydrogens is 322 g/mol. The molecule has 1 saturated heterocycles. The highest BCUT2D eigenvalue weighted by Crippen LogP contribution is 2.32. The summed E-state index contributed by atoms with van der Waals surface area (Å²) in [5, 5.41) is 1.91. The Kier molecular flexibility index (Phi) is 5.88. The summed E-state index contributed by atoms with van der Waals surface area (Å²) in [6, 6.07) is 9.72. The molecule has 1 fully saturated rings. The van der Waals surface area contributed by atoms with Crippen LogP contribution in [0.4, 0.5) is 0 Å². The fraction of sp³-hybridized carbons (Fsp3) is 0.421. The molecule has 0 N–H and O–H groups in total. The Labute approximate surface area is 147 Å². The first-order valence-electron chi connectivity index (χ1n) is 8.39. The standard InChI is InChI=1S/C19H23NO3S/c1-22-19(21)17-8-13-24-18(17)15-6-5-7-16(14-15)23-12-11-20-9-3-2-4-10-20/h5-8,13-14H,2-4,9-12H2,1H3. The van der Waals surface area contributed by atoms with Crippen LogP contribution in [0.25, 0.3) is 10.4 Å². The van der Waals surface area contributed by atoms with Gasteiger partial charge in [0.05, 0.1) is 12.7 Å². The Balaban J connectivity index is 1.64. The maximum Gasteiger partial charge on any atom is 0.339 e. The van der Waals surface area contributed by atoms with Crippen molar-refractivity contribution in [1.82, 2.24) is 4.90 Å². The quantitative estimate of drug-likeness (QED) is 0.740. The lowest BCUT2D eigenvalue weighted by molar-refractivity contribution is 0.0602. The molecule has 1 aromatic carbocycles. The second kappa shape index (κ2) is 8.31. The number of hydrogen-bond donors (Lipinski definition) is 0. The summed E-state index contributed by atoms with van der Waals surface area (Å²) in [5.41, 5.74) is 1.59. The van der Waals surface area contributed by atoms with E-state index in [1.165, 1.54) is 50.8 Å². The van der Waals surface area contributed by atoms with Crippen LogP contribution < -0.4 is 4.74 Å². The van der Waals surface area contributed by atoms with Crippen molar-refractivity contribution in [2.45, 2.75) is 19.3 Å². The fourth-order valence-electron chi connectivity index (χ4n) is 3.01. The van der Waals surface area contributed by atoms with Crippen LogP contribution >= 0.6 is 11.3 Å². The first-order chi connectivity index (χ1) is 11.8. The highest BCUT2D eigenvalue weighted by molar-refractivity contribution is 7.14. The molecule has 4 nitrogen and oxygen atoms in total. The summed E-state index contributed by atoms with van der Waals surface area (Å²) in [7, 11) is 1.41. The van der Waals surface area contributed by atoms with Crippen molar-refractivity contribution in [2.75, 3.05) is 33.4 Å².